The van der Waals surface area contributed by atoms with Gasteiger partial charge in [-0.15, -0.1) is 0 Å². The molecular weight excluding hydrogens is 268 g/mol. The molecule has 0 unspecified atom stereocenters. The predicted molar refractivity (Wildman–Crippen MR) is 67.0 cm³/mol. The summed E-state index contributed by atoms with van der Waals surface area (Å²) in [5, 5.41) is 48.0. The van der Waals surface area contributed by atoms with Crippen LogP contribution >= 0.6 is 0 Å². The largest absolute Gasteiger partial charge is 0.508 e. The minimum Gasteiger partial charge on any atom is -0.508 e. The fourth-order valence-electron chi connectivity index (χ4n) is 2.07. The Morgan fingerprint density at radius 3 is 2.60 bits per heavy atom. The molecule has 0 aromatic heterocycles. The molecule has 1 aromatic carbocycles. The number of aryl methyl sites for hydroxylation is 1. The molecular formula is C13H18O7. The van der Waals surface area contributed by atoms with Gasteiger partial charge in [0.05, 0.1) is 12.7 Å². The molecule has 0 saturated carbocycles. The topological polar surface area (TPSA) is 120 Å². The lowest BCUT2D eigenvalue weighted by atomic mass is 9.97. The summed E-state index contributed by atoms with van der Waals surface area (Å²) in [6.07, 6.45) is -4.84. The average Bonchev–Trinajstić information content (AvgIpc) is 2.45. The molecule has 112 valence electrons. The number of fused-ring (bicyclic) bond motifs is 1. The standard InChI is InChI=1S/C13H18O7/c14-6-11-13(18)12(17)9(16)3-1-7-5-8(15)2-4-10(7)19-20-11/h2,4-5,9,11-18H,1,3,6H2/t9-,11-,12-,13-/m1/s1. The zero-order chi connectivity index (χ0) is 14.7. The maximum atomic E-state index is 9.83. The number of phenols is 1. The van der Waals surface area contributed by atoms with Crippen molar-refractivity contribution in [2.24, 2.45) is 0 Å². The van der Waals surface area contributed by atoms with E-state index >= 15 is 0 Å². The van der Waals surface area contributed by atoms with Gasteiger partial charge in [0.15, 0.2) is 11.9 Å². The molecule has 5 N–H and O–H groups in total. The summed E-state index contributed by atoms with van der Waals surface area (Å²) in [5.74, 6) is 0.357. The molecule has 0 amide bonds. The summed E-state index contributed by atoms with van der Waals surface area (Å²) in [4.78, 5) is 9.96. The van der Waals surface area contributed by atoms with Gasteiger partial charge in [0.1, 0.15) is 18.0 Å². The SMILES string of the molecule is OC[C@H]1OOc2ccc(O)cc2CC[C@@H](O)[C@@H](O)[C@@H]1O. The highest BCUT2D eigenvalue weighted by Gasteiger charge is 2.34. The Hall–Kier alpha value is -1.38. The minimum absolute atomic E-state index is 0.0400. The first-order chi connectivity index (χ1) is 9.52. The monoisotopic (exact) mass is 286 g/mol. The predicted octanol–water partition coefficient (Wildman–Crippen LogP) is -0.908. The first kappa shape index (κ1) is 15.0. The molecule has 2 rings (SSSR count). The number of benzene rings is 1. The Kier molecular flexibility index (Phi) is 4.79. The van der Waals surface area contributed by atoms with Gasteiger partial charge in [-0.25, -0.2) is 0 Å². The molecule has 0 spiro atoms. The van der Waals surface area contributed by atoms with Gasteiger partial charge in [0.25, 0.3) is 0 Å². The number of aliphatic hydroxyl groups excluding tert-OH is 4. The first-order valence-corrected chi connectivity index (χ1v) is 6.33. The van der Waals surface area contributed by atoms with E-state index in [1.54, 1.807) is 0 Å². The Bertz CT molecular complexity index is 450. The van der Waals surface area contributed by atoms with Crippen LogP contribution in [-0.2, 0) is 11.3 Å². The molecule has 1 aliphatic rings. The Labute approximate surface area is 115 Å². The molecule has 1 heterocycles. The third-order valence-corrected chi connectivity index (χ3v) is 3.32. The van der Waals surface area contributed by atoms with E-state index in [9.17, 15) is 20.4 Å². The molecule has 7 nitrogen and oxygen atoms in total. The van der Waals surface area contributed by atoms with Gasteiger partial charge in [-0.1, -0.05) is 0 Å². The van der Waals surface area contributed by atoms with E-state index in [2.05, 4.69) is 0 Å². The molecule has 0 bridgehead atoms. The second kappa shape index (κ2) is 6.38. The molecule has 0 radical (unpaired) electrons. The number of hydrogen-bond acceptors (Lipinski definition) is 7. The highest BCUT2D eigenvalue weighted by atomic mass is 17.2. The molecule has 1 aliphatic heterocycles. The number of hydrogen-bond donors (Lipinski definition) is 5. The highest BCUT2D eigenvalue weighted by Crippen LogP contribution is 2.27. The van der Waals surface area contributed by atoms with Crippen molar-refractivity contribution in [1.29, 1.82) is 0 Å². The third-order valence-electron chi connectivity index (χ3n) is 3.32. The third kappa shape index (κ3) is 3.20. The van der Waals surface area contributed by atoms with Crippen LogP contribution in [0.15, 0.2) is 18.2 Å². The molecule has 7 heteroatoms. The van der Waals surface area contributed by atoms with Gasteiger partial charge in [0, 0.05) is 5.56 Å². The van der Waals surface area contributed by atoms with E-state index in [-0.39, 0.29) is 12.2 Å². The van der Waals surface area contributed by atoms with Crippen molar-refractivity contribution in [3.63, 3.8) is 0 Å². The fraction of sp³-hybridized carbons (Fsp3) is 0.538. The van der Waals surface area contributed by atoms with E-state index in [4.69, 9.17) is 14.9 Å². The van der Waals surface area contributed by atoms with Gasteiger partial charge >= 0.3 is 0 Å². The van der Waals surface area contributed by atoms with Crippen LogP contribution in [0.5, 0.6) is 11.5 Å². The average molecular weight is 286 g/mol. The fourth-order valence-corrected chi connectivity index (χ4v) is 2.07. The summed E-state index contributed by atoms with van der Waals surface area (Å²) in [6, 6.07) is 4.35. The van der Waals surface area contributed by atoms with E-state index in [1.807, 2.05) is 0 Å². The van der Waals surface area contributed by atoms with Crippen molar-refractivity contribution in [2.75, 3.05) is 6.61 Å². The lowest BCUT2D eigenvalue weighted by molar-refractivity contribution is -0.286. The second-order valence-electron chi connectivity index (χ2n) is 4.78. The summed E-state index contributed by atoms with van der Waals surface area (Å²) in [7, 11) is 0. The maximum absolute atomic E-state index is 9.83. The van der Waals surface area contributed by atoms with E-state index < -0.39 is 31.0 Å². The highest BCUT2D eigenvalue weighted by molar-refractivity contribution is 5.39. The number of rotatable bonds is 1. The van der Waals surface area contributed by atoms with Gasteiger partial charge in [-0.05, 0) is 31.0 Å². The van der Waals surface area contributed by atoms with Gasteiger partial charge in [-0.3, -0.25) is 0 Å². The Morgan fingerprint density at radius 1 is 1.15 bits per heavy atom. The number of phenolic OH excluding ortho intramolecular Hbond substituents is 1. The summed E-state index contributed by atoms with van der Waals surface area (Å²) in [5.41, 5.74) is 0.587. The van der Waals surface area contributed by atoms with Crippen molar-refractivity contribution >= 4 is 0 Å². The number of aromatic hydroxyl groups is 1. The second-order valence-corrected chi connectivity index (χ2v) is 4.78. The van der Waals surface area contributed by atoms with Crippen molar-refractivity contribution < 1.29 is 35.3 Å². The van der Waals surface area contributed by atoms with Crippen LogP contribution in [-0.4, -0.2) is 56.6 Å². The van der Waals surface area contributed by atoms with E-state index in [0.717, 1.165) is 0 Å². The molecule has 1 aromatic rings. The van der Waals surface area contributed by atoms with Crippen molar-refractivity contribution in [3.8, 4) is 11.5 Å². The van der Waals surface area contributed by atoms with Gasteiger partial charge < -0.3 is 30.4 Å². The van der Waals surface area contributed by atoms with Crippen LogP contribution in [0.4, 0.5) is 0 Å². The van der Waals surface area contributed by atoms with Crippen LogP contribution in [0.25, 0.3) is 0 Å². The van der Waals surface area contributed by atoms with Crippen molar-refractivity contribution in [3.05, 3.63) is 23.8 Å². The van der Waals surface area contributed by atoms with E-state index in [0.29, 0.717) is 17.7 Å². The number of aliphatic hydroxyl groups is 4. The lowest BCUT2D eigenvalue weighted by Gasteiger charge is -2.29. The molecule has 20 heavy (non-hydrogen) atoms. The van der Waals surface area contributed by atoms with Crippen LogP contribution in [0, 0.1) is 0 Å². The first-order valence-electron chi connectivity index (χ1n) is 6.33. The van der Waals surface area contributed by atoms with Crippen LogP contribution in [0.2, 0.25) is 0 Å². The van der Waals surface area contributed by atoms with Crippen LogP contribution < -0.4 is 4.89 Å². The zero-order valence-electron chi connectivity index (χ0n) is 10.7. The van der Waals surface area contributed by atoms with Crippen molar-refractivity contribution in [1.82, 2.24) is 0 Å². The summed E-state index contributed by atoms with van der Waals surface area (Å²) in [6.45, 7) is -0.585. The summed E-state index contributed by atoms with van der Waals surface area (Å²) < 4.78 is 0. The molecule has 0 aliphatic carbocycles. The van der Waals surface area contributed by atoms with Crippen LogP contribution in [0.3, 0.4) is 0 Å². The van der Waals surface area contributed by atoms with Crippen LogP contribution in [0.1, 0.15) is 12.0 Å². The van der Waals surface area contributed by atoms with Crippen molar-refractivity contribution in [2.45, 2.75) is 37.3 Å². The Morgan fingerprint density at radius 2 is 1.90 bits per heavy atom. The quantitative estimate of drug-likeness (QED) is 0.424. The minimum atomic E-state index is -1.48. The summed E-state index contributed by atoms with van der Waals surface area (Å²) >= 11 is 0. The van der Waals surface area contributed by atoms with Gasteiger partial charge in [0.2, 0.25) is 0 Å². The molecule has 0 saturated heterocycles. The lowest BCUT2D eigenvalue weighted by Crippen LogP contribution is -2.47. The maximum Gasteiger partial charge on any atom is 0.168 e. The normalized spacial score (nSPS) is 31.2. The zero-order valence-corrected chi connectivity index (χ0v) is 10.7. The molecule has 0 fully saturated rings. The van der Waals surface area contributed by atoms with E-state index in [1.165, 1.54) is 18.2 Å². The Balaban J connectivity index is 2.27. The van der Waals surface area contributed by atoms with Gasteiger partial charge in [-0.2, -0.15) is 4.89 Å². The molecule has 4 atom stereocenters. The smallest absolute Gasteiger partial charge is 0.168 e.